The molecule has 3 fully saturated rings. The van der Waals surface area contributed by atoms with Gasteiger partial charge in [0.2, 0.25) is 0 Å². The molecule has 4 nitrogen and oxygen atoms in total. The predicted octanol–water partition coefficient (Wildman–Crippen LogP) is 2.57. The van der Waals surface area contributed by atoms with Gasteiger partial charge in [-0.2, -0.15) is 0 Å². The van der Waals surface area contributed by atoms with Gasteiger partial charge in [0.05, 0.1) is 0 Å². The number of benzene rings is 1. The summed E-state index contributed by atoms with van der Waals surface area (Å²) in [5.74, 6) is 1.39. The summed E-state index contributed by atoms with van der Waals surface area (Å²) in [7, 11) is 0. The van der Waals surface area contributed by atoms with Crippen molar-refractivity contribution in [2.75, 3.05) is 26.2 Å². The van der Waals surface area contributed by atoms with Crippen molar-refractivity contribution < 1.29 is 9.53 Å². The van der Waals surface area contributed by atoms with E-state index in [9.17, 15) is 4.79 Å². The number of amides is 1. The van der Waals surface area contributed by atoms with Gasteiger partial charge < -0.3 is 15.0 Å². The van der Waals surface area contributed by atoms with Crippen molar-refractivity contribution in [2.45, 2.75) is 45.1 Å². The zero-order valence-corrected chi connectivity index (χ0v) is 14.5. The lowest BCUT2D eigenvalue weighted by Crippen LogP contribution is -2.57. The number of hydrogen-bond donors (Lipinski definition) is 1. The molecular weight excluding hydrogens is 288 g/mol. The van der Waals surface area contributed by atoms with Crippen LogP contribution in [0.25, 0.3) is 0 Å². The highest BCUT2D eigenvalue weighted by atomic mass is 16.5. The molecule has 1 aromatic rings. The fourth-order valence-corrected chi connectivity index (χ4v) is 3.58. The number of nitrogens with one attached hydrogen (secondary N) is 1. The molecule has 0 radical (unpaired) electrons. The number of ether oxygens (including phenoxy) is 1. The molecule has 3 aliphatic heterocycles. The van der Waals surface area contributed by atoms with Gasteiger partial charge in [0.15, 0.2) is 6.61 Å². The monoisotopic (exact) mass is 316 g/mol. The van der Waals surface area contributed by atoms with E-state index in [0.29, 0.717) is 12.0 Å². The third kappa shape index (κ3) is 4.05. The largest absolute Gasteiger partial charge is 0.484 e. The van der Waals surface area contributed by atoms with Crippen molar-refractivity contribution in [3.05, 3.63) is 29.8 Å². The van der Waals surface area contributed by atoms with Crippen molar-refractivity contribution in [3.63, 3.8) is 0 Å². The van der Waals surface area contributed by atoms with E-state index in [-0.39, 0.29) is 17.9 Å². The fraction of sp³-hybridized carbons (Fsp3) is 0.632. The second kappa shape index (κ2) is 6.52. The summed E-state index contributed by atoms with van der Waals surface area (Å²) >= 11 is 0. The van der Waals surface area contributed by atoms with Crippen molar-refractivity contribution in [2.24, 2.45) is 5.92 Å². The molecule has 0 saturated carbocycles. The van der Waals surface area contributed by atoms with E-state index >= 15 is 0 Å². The maximum Gasteiger partial charge on any atom is 0.258 e. The van der Waals surface area contributed by atoms with Crippen LogP contribution < -0.4 is 10.1 Å². The van der Waals surface area contributed by atoms with Crippen LogP contribution in [0.3, 0.4) is 0 Å². The van der Waals surface area contributed by atoms with Crippen LogP contribution in [-0.4, -0.2) is 43.1 Å². The van der Waals surface area contributed by atoms with E-state index in [1.54, 1.807) is 0 Å². The molecule has 1 unspecified atom stereocenters. The molecule has 3 heterocycles. The molecule has 0 aromatic heterocycles. The number of nitrogens with zero attached hydrogens (tertiary/aromatic N) is 1. The summed E-state index contributed by atoms with van der Waals surface area (Å²) in [5.41, 5.74) is 1.40. The minimum absolute atomic E-state index is 0.0105. The van der Waals surface area contributed by atoms with Crippen LogP contribution in [0.4, 0.5) is 0 Å². The van der Waals surface area contributed by atoms with Gasteiger partial charge in [-0.1, -0.05) is 32.9 Å². The third-order valence-electron chi connectivity index (χ3n) is 5.09. The molecule has 0 aliphatic carbocycles. The lowest BCUT2D eigenvalue weighted by molar-refractivity contribution is -0.125. The van der Waals surface area contributed by atoms with E-state index < -0.39 is 0 Å². The van der Waals surface area contributed by atoms with Crippen LogP contribution in [0, 0.1) is 5.92 Å². The van der Waals surface area contributed by atoms with Crippen LogP contribution in [-0.2, 0) is 10.2 Å². The Balaban J connectivity index is 1.47. The normalized spacial score (nSPS) is 26.8. The summed E-state index contributed by atoms with van der Waals surface area (Å²) in [6.07, 6.45) is 2.42. The second-order valence-electron chi connectivity index (χ2n) is 7.88. The Morgan fingerprint density at radius 1 is 1.22 bits per heavy atom. The highest BCUT2D eigenvalue weighted by molar-refractivity contribution is 5.78. The molecule has 1 N–H and O–H groups in total. The first kappa shape index (κ1) is 16.3. The summed E-state index contributed by atoms with van der Waals surface area (Å²) < 4.78 is 5.63. The van der Waals surface area contributed by atoms with Gasteiger partial charge in [-0.3, -0.25) is 4.79 Å². The van der Waals surface area contributed by atoms with E-state index in [1.165, 1.54) is 31.5 Å². The number of carbonyl (C=O) groups is 1. The maximum absolute atomic E-state index is 12.1. The predicted molar refractivity (Wildman–Crippen MR) is 91.7 cm³/mol. The summed E-state index contributed by atoms with van der Waals surface area (Å²) in [6.45, 7) is 10.0. The molecule has 2 bridgehead atoms. The molecule has 126 valence electrons. The van der Waals surface area contributed by atoms with Gasteiger partial charge in [-0.05, 0) is 55.0 Å². The Bertz CT molecular complexity index is 539. The minimum Gasteiger partial charge on any atom is -0.484 e. The fourth-order valence-electron chi connectivity index (χ4n) is 3.58. The minimum atomic E-state index is -0.0105. The SMILES string of the molecule is CC(C)(C)c1ccc(OCC(=O)NC2CN3CCC2CC3)cc1. The summed E-state index contributed by atoms with van der Waals surface area (Å²) in [5, 5.41) is 3.15. The van der Waals surface area contributed by atoms with E-state index in [1.807, 2.05) is 12.1 Å². The Hall–Kier alpha value is -1.55. The Morgan fingerprint density at radius 3 is 2.39 bits per heavy atom. The first-order valence-corrected chi connectivity index (χ1v) is 8.67. The smallest absolute Gasteiger partial charge is 0.258 e. The van der Waals surface area contributed by atoms with Gasteiger partial charge in [-0.15, -0.1) is 0 Å². The zero-order chi connectivity index (χ0) is 16.4. The number of rotatable bonds is 4. The molecule has 1 aromatic carbocycles. The molecule has 23 heavy (non-hydrogen) atoms. The standard InChI is InChI=1S/C19H28N2O2/c1-19(2,3)15-4-6-16(7-5-15)23-13-18(22)20-17-12-21-10-8-14(17)9-11-21/h4-7,14,17H,8-13H2,1-3H3,(H,20,22). The number of piperidine rings is 3. The zero-order valence-electron chi connectivity index (χ0n) is 14.5. The molecular formula is C19H28N2O2. The highest BCUT2D eigenvalue weighted by Crippen LogP contribution is 2.27. The van der Waals surface area contributed by atoms with E-state index in [4.69, 9.17) is 4.74 Å². The topological polar surface area (TPSA) is 41.6 Å². The first-order valence-electron chi connectivity index (χ1n) is 8.67. The number of carbonyl (C=O) groups excluding carboxylic acids is 1. The third-order valence-corrected chi connectivity index (χ3v) is 5.09. The Morgan fingerprint density at radius 2 is 1.87 bits per heavy atom. The molecule has 4 rings (SSSR count). The molecule has 3 aliphatic rings. The second-order valence-corrected chi connectivity index (χ2v) is 7.88. The van der Waals surface area contributed by atoms with Crippen molar-refractivity contribution >= 4 is 5.91 Å². The van der Waals surface area contributed by atoms with Crippen molar-refractivity contribution in [3.8, 4) is 5.75 Å². The van der Waals surface area contributed by atoms with Crippen LogP contribution >= 0.6 is 0 Å². The van der Waals surface area contributed by atoms with Gasteiger partial charge in [-0.25, -0.2) is 0 Å². The quantitative estimate of drug-likeness (QED) is 0.928. The number of hydrogen-bond acceptors (Lipinski definition) is 3. The van der Waals surface area contributed by atoms with Crippen LogP contribution in [0.2, 0.25) is 0 Å². The number of fused-ring (bicyclic) bond motifs is 3. The van der Waals surface area contributed by atoms with Gasteiger partial charge in [0.25, 0.3) is 5.91 Å². The van der Waals surface area contributed by atoms with Crippen molar-refractivity contribution in [1.29, 1.82) is 0 Å². The Labute approximate surface area is 139 Å². The lowest BCUT2D eigenvalue weighted by Gasteiger charge is -2.44. The average molecular weight is 316 g/mol. The molecule has 3 saturated heterocycles. The van der Waals surface area contributed by atoms with Gasteiger partial charge >= 0.3 is 0 Å². The first-order chi connectivity index (χ1) is 10.9. The Kier molecular flexibility index (Phi) is 4.62. The molecule has 0 spiro atoms. The van der Waals surface area contributed by atoms with E-state index in [2.05, 4.69) is 43.1 Å². The van der Waals surface area contributed by atoms with Crippen LogP contribution in [0.5, 0.6) is 5.75 Å². The van der Waals surface area contributed by atoms with Gasteiger partial charge in [0, 0.05) is 12.6 Å². The van der Waals surface area contributed by atoms with Gasteiger partial charge in [0.1, 0.15) is 5.75 Å². The van der Waals surface area contributed by atoms with Crippen LogP contribution in [0.15, 0.2) is 24.3 Å². The van der Waals surface area contributed by atoms with Crippen LogP contribution in [0.1, 0.15) is 39.2 Å². The highest BCUT2D eigenvalue weighted by Gasteiger charge is 2.34. The summed E-state index contributed by atoms with van der Waals surface area (Å²) in [6, 6.07) is 8.34. The average Bonchev–Trinajstić information content (AvgIpc) is 2.54. The molecule has 1 atom stereocenters. The van der Waals surface area contributed by atoms with E-state index in [0.717, 1.165) is 12.3 Å². The lowest BCUT2D eigenvalue weighted by atomic mass is 9.84. The maximum atomic E-state index is 12.1. The summed E-state index contributed by atoms with van der Waals surface area (Å²) in [4.78, 5) is 14.6. The molecule has 4 heteroatoms. The molecule has 1 amide bonds. The van der Waals surface area contributed by atoms with Crippen molar-refractivity contribution in [1.82, 2.24) is 10.2 Å².